The molecule has 1 aromatic rings. The van der Waals surface area contributed by atoms with Crippen LogP contribution in [0.5, 0.6) is 0 Å². The van der Waals surface area contributed by atoms with Gasteiger partial charge in [-0.05, 0) is 41.4 Å². The summed E-state index contributed by atoms with van der Waals surface area (Å²) in [5.74, 6) is -0.382. The molecule has 0 aliphatic rings. The molecule has 2 nitrogen and oxygen atoms in total. The molecule has 0 bridgehead atoms. The Morgan fingerprint density at radius 2 is 2.05 bits per heavy atom. The predicted molar refractivity (Wildman–Crippen MR) is 85.8 cm³/mol. The molecule has 0 spiro atoms. The smallest absolute Gasteiger partial charge is 0.147 e. The number of methoxy groups -OCH3 is 1. The van der Waals surface area contributed by atoms with Crippen LogP contribution in [0.15, 0.2) is 16.6 Å². The fourth-order valence-corrected chi connectivity index (χ4v) is 2.71. The molecule has 5 heteroatoms. The number of ether oxygens (including phenoxy) is 1. The Labute approximate surface area is 134 Å². The van der Waals surface area contributed by atoms with Crippen molar-refractivity contribution in [1.82, 2.24) is 5.32 Å². The molecule has 20 heavy (non-hydrogen) atoms. The van der Waals surface area contributed by atoms with Crippen LogP contribution in [-0.2, 0) is 4.74 Å². The van der Waals surface area contributed by atoms with Crippen molar-refractivity contribution in [1.29, 1.82) is 0 Å². The molecule has 0 radical (unpaired) electrons. The molecule has 0 saturated carbocycles. The quantitative estimate of drug-likeness (QED) is 0.646. The Morgan fingerprint density at radius 1 is 1.35 bits per heavy atom. The summed E-state index contributed by atoms with van der Waals surface area (Å²) in [5.41, 5.74) is 0.562. The van der Waals surface area contributed by atoms with Crippen LogP contribution in [0.3, 0.4) is 0 Å². The molecule has 0 heterocycles. The lowest BCUT2D eigenvalue weighted by molar-refractivity contribution is 0.0595. The van der Waals surface area contributed by atoms with Gasteiger partial charge in [0, 0.05) is 17.1 Å². The van der Waals surface area contributed by atoms with E-state index in [0.717, 1.165) is 25.8 Å². The summed E-state index contributed by atoms with van der Waals surface area (Å²) >= 11 is 9.24. The van der Waals surface area contributed by atoms with E-state index in [-0.39, 0.29) is 23.0 Å². The normalized spacial score (nSPS) is 14.3. The van der Waals surface area contributed by atoms with Crippen LogP contribution in [0.25, 0.3) is 0 Å². The van der Waals surface area contributed by atoms with Crippen LogP contribution in [-0.4, -0.2) is 19.8 Å². The Hall–Kier alpha value is -0.160. The highest BCUT2D eigenvalue weighted by Crippen LogP contribution is 2.33. The van der Waals surface area contributed by atoms with Crippen molar-refractivity contribution in [3.05, 3.63) is 33.0 Å². The average Bonchev–Trinajstić information content (AvgIpc) is 2.45. The molecule has 1 rings (SSSR count). The SMILES string of the molecule is CCCNC(c1ccc(Br)c(Cl)c1F)C(CCC)OC. The molecule has 0 amide bonds. The van der Waals surface area contributed by atoms with E-state index in [1.165, 1.54) is 0 Å². The van der Waals surface area contributed by atoms with Gasteiger partial charge in [-0.25, -0.2) is 4.39 Å². The number of halogens is 3. The van der Waals surface area contributed by atoms with Crippen molar-refractivity contribution in [2.45, 2.75) is 45.3 Å². The number of benzene rings is 1. The summed E-state index contributed by atoms with van der Waals surface area (Å²) in [6, 6.07) is 3.35. The van der Waals surface area contributed by atoms with Gasteiger partial charge in [0.25, 0.3) is 0 Å². The fourth-order valence-electron chi connectivity index (χ4n) is 2.23. The topological polar surface area (TPSA) is 21.3 Å². The Kier molecular flexibility index (Phi) is 8.03. The largest absolute Gasteiger partial charge is 0.379 e. The monoisotopic (exact) mass is 365 g/mol. The van der Waals surface area contributed by atoms with Crippen LogP contribution >= 0.6 is 27.5 Å². The maximum Gasteiger partial charge on any atom is 0.147 e. The first-order valence-corrected chi connectivity index (χ1v) is 8.13. The van der Waals surface area contributed by atoms with Gasteiger partial charge < -0.3 is 10.1 Å². The first-order chi connectivity index (χ1) is 9.56. The lowest BCUT2D eigenvalue weighted by Gasteiger charge is -2.28. The van der Waals surface area contributed by atoms with Crippen molar-refractivity contribution in [3.63, 3.8) is 0 Å². The zero-order valence-corrected chi connectivity index (χ0v) is 14.5. The minimum absolute atomic E-state index is 0.0710. The summed E-state index contributed by atoms with van der Waals surface area (Å²) in [7, 11) is 1.67. The third-order valence-electron chi connectivity index (χ3n) is 3.26. The molecule has 0 fully saturated rings. The Bertz CT molecular complexity index is 431. The second-order valence-electron chi connectivity index (χ2n) is 4.76. The standard InChI is InChI=1S/C15H22BrClFNO/c1-4-6-12(20-3)15(19-9-5-2)10-7-8-11(16)13(17)14(10)18/h7-8,12,15,19H,4-6,9H2,1-3H3. The molecule has 2 atom stereocenters. The van der Waals surface area contributed by atoms with Crippen molar-refractivity contribution in [3.8, 4) is 0 Å². The third-order valence-corrected chi connectivity index (χ3v) is 4.52. The molecular formula is C15H22BrClFNO. The van der Waals surface area contributed by atoms with E-state index in [0.29, 0.717) is 10.0 Å². The van der Waals surface area contributed by atoms with Gasteiger partial charge in [-0.2, -0.15) is 0 Å². The molecule has 1 N–H and O–H groups in total. The fraction of sp³-hybridized carbons (Fsp3) is 0.600. The van der Waals surface area contributed by atoms with Gasteiger partial charge in [0.15, 0.2) is 0 Å². The molecule has 0 aliphatic heterocycles. The van der Waals surface area contributed by atoms with E-state index in [9.17, 15) is 4.39 Å². The van der Waals surface area contributed by atoms with E-state index in [1.807, 2.05) is 0 Å². The molecule has 0 aliphatic carbocycles. The second-order valence-corrected chi connectivity index (χ2v) is 5.99. The minimum Gasteiger partial charge on any atom is -0.379 e. The zero-order chi connectivity index (χ0) is 15.1. The number of nitrogens with one attached hydrogen (secondary N) is 1. The van der Waals surface area contributed by atoms with E-state index in [2.05, 4.69) is 35.1 Å². The molecule has 114 valence electrons. The average molecular weight is 367 g/mol. The van der Waals surface area contributed by atoms with Crippen molar-refractivity contribution in [2.24, 2.45) is 0 Å². The van der Waals surface area contributed by atoms with Gasteiger partial charge in [0.05, 0.1) is 17.2 Å². The summed E-state index contributed by atoms with van der Waals surface area (Å²) in [4.78, 5) is 0. The summed E-state index contributed by atoms with van der Waals surface area (Å²) in [6.45, 7) is 4.98. The lowest BCUT2D eigenvalue weighted by atomic mass is 9.97. The van der Waals surface area contributed by atoms with E-state index in [1.54, 1.807) is 19.2 Å². The van der Waals surface area contributed by atoms with Gasteiger partial charge >= 0.3 is 0 Å². The van der Waals surface area contributed by atoms with Crippen molar-refractivity contribution >= 4 is 27.5 Å². The van der Waals surface area contributed by atoms with E-state index >= 15 is 0 Å². The highest BCUT2D eigenvalue weighted by Gasteiger charge is 2.26. The van der Waals surface area contributed by atoms with Gasteiger partial charge in [0.2, 0.25) is 0 Å². The van der Waals surface area contributed by atoms with Gasteiger partial charge in [0.1, 0.15) is 5.82 Å². The molecule has 0 saturated heterocycles. The first-order valence-electron chi connectivity index (χ1n) is 6.96. The van der Waals surface area contributed by atoms with Crippen molar-refractivity contribution < 1.29 is 9.13 Å². The van der Waals surface area contributed by atoms with Crippen molar-refractivity contribution in [2.75, 3.05) is 13.7 Å². The summed E-state index contributed by atoms with van der Waals surface area (Å²) in [6.07, 6.45) is 2.75. The van der Waals surface area contributed by atoms with E-state index < -0.39 is 0 Å². The first kappa shape index (κ1) is 17.9. The maximum absolute atomic E-state index is 14.4. The zero-order valence-electron chi connectivity index (χ0n) is 12.2. The lowest BCUT2D eigenvalue weighted by Crippen LogP contribution is -2.34. The number of hydrogen-bond acceptors (Lipinski definition) is 2. The van der Waals surface area contributed by atoms with Crippen LogP contribution in [0, 0.1) is 5.82 Å². The van der Waals surface area contributed by atoms with E-state index in [4.69, 9.17) is 16.3 Å². The van der Waals surface area contributed by atoms with Crippen LogP contribution in [0.2, 0.25) is 5.02 Å². The Morgan fingerprint density at radius 3 is 2.60 bits per heavy atom. The molecule has 0 aromatic heterocycles. The summed E-state index contributed by atoms with van der Waals surface area (Å²) < 4.78 is 20.5. The highest BCUT2D eigenvalue weighted by atomic mass is 79.9. The highest BCUT2D eigenvalue weighted by molar-refractivity contribution is 9.10. The third kappa shape index (κ3) is 4.42. The molecular weight excluding hydrogens is 345 g/mol. The molecule has 2 unspecified atom stereocenters. The number of rotatable bonds is 8. The number of hydrogen-bond donors (Lipinski definition) is 1. The van der Waals surface area contributed by atoms with Crippen LogP contribution in [0.1, 0.15) is 44.7 Å². The second kappa shape index (κ2) is 8.98. The van der Waals surface area contributed by atoms with Gasteiger partial charge in [-0.1, -0.05) is 37.9 Å². The minimum atomic E-state index is -0.382. The van der Waals surface area contributed by atoms with Gasteiger partial charge in [-0.3, -0.25) is 0 Å². The predicted octanol–water partition coefficient (Wildman–Crippen LogP) is 5.10. The Balaban J connectivity index is 3.12. The van der Waals surface area contributed by atoms with Crippen LogP contribution in [0.4, 0.5) is 4.39 Å². The van der Waals surface area contributed by atoms with Crippen LogP contribution < -0.4 is 5.32 Å². The summed E-state index contributed by atoms with van der Waals surface area (Å²) in [5, 5.41) is 3.49. The van der Waals surface area contributed by atoms with Gasteiger partial charge in [-0.15, -0.1) is 0 Å². The molecule has 1 aromatic carbocycles. The maximum atomic E-state index is 14.4.